The van der Waals surface area contributed by atoms with E-state index in [9.17, 15) is 0 Å². The number of halogens is 1. The molecule has 2 aromatic heterocycles. The third-order valence-corrected chi connectivity index (χ3v) is 3.61. The standard InChI is InChI=1S/C13H12ClN3O/c1-7-11(13-9(15)6-16-18-13)12-8(14)4-3-5-10(12)17(7)2/h3-6H,15H2,1-2H3. The Morgan fingerprint density at radius 2 is 2.17 bits per heavy atom. The zero-order valence-electron chi connectivity index (χ0n) is 10.1. The third-order valence-electron chi connectivity index (χ3n) is 3.29. The summed E-state index contributed by atoms with van der Waals surface area (Å²) < 4.78 is 7.33. The zero-order chi connectivity index (χ0) is 12.9. The van der Waals surface area contributed by atoms with E-state index >= 15 is 0 Å². The van der Waals surface area contributed by atoms with Crippen molar-refractivity contribution in [2.45, 2.75) is 6.92 Å². The maximum absolute atomic E-state index is 6.30. The summed E-state index contributed by atoms with van der Waals surface area (Å²) in [5.74, 6) is 0.575. The molecule has 0 bridgehead atoms. The fraction of sp³-hybridized carbons (Fsp3) is 0.154. The van der Waals surface area contributed by atoms with Crippen LogP contribution in [-0.4, -0.2) is 9.72 Å². The molecule has 0 amide bonds. The zero-order valence-corrected chi connectivity index (χ0v) is 10.8. The Labute approximate surface area is 109 Å². The van der Waals surface area contributed by atoms with Gasteiger partial charge in [-0.25, -0.2) is 0 Å². The molecule has 0 spiro atoms. The summed E-state index contributed by atoms with van der Waals surface area (Å²) in [4.78, 5) is 0. The Balaban J connectivity index is 2.50. The van der Waals surface area contributed by atoms with E-state index < -0.39 is 0 Å². The largest absolute Gasteiger partial charge is 0.394 e. The van der Waals surface area contributed by atoms with Gasteiger partial charge >= 0.3 is 0 Å². The van der Waals surface area contributed by atoms with E-state index in [1.807, 2.05) is 32.2 Å². The van der Waals surface area contributed by atoms with Gasteiger partial charge in [0.2, 0.25) is 0 Å². The van der Waals surface area contributed by atoms with Crippen LogP contribution in [0.25, 0.3) is 22.2 Å². The van der Waals surface area contributed by atoms with E-state index in [4.69, 9.17) is 21.9 Å². The number of nitrogens with zero attached hydrogens (tertiary/aromatic N) is 2. The number of nitrogens with two attached hydrogens (primary N) is 1. The Kier molecular flexibility index (Phi) is 2.35. The predicted octanol–water partition coefficient (Wildman–Crippen LogP) is 3.38. The minimum Gasteiger partial charge on any atom is -0.394 e. The Morgan fingerprint density at radius 1 is 1.39 bits per heavy atom. The van der Waals surface area contributed by atoms with Crippen LogP contribution in [-0.2, 0) is 7.05 Å². The smallest absolute Gasteiger partial charge is 0.192 e. The maximum atomic E-state index is 6.30. The number of anilines is 1. The van der Waals surface area contributed by atoms with E-state index in [1.165, 1.54) is 6.20 Å². The number of fused-ring (bicyclic) bond motifs is 1. The monoisotopic (exact) mass is 261 g/mol. The van der Waals surface area contributed by atoms with Crippen molar-refractivity contribution < 1.29 is 4.52 Å². The van der Waals surface area contributed by atoms with Gasteiger partial charge in [-0.1, -0.05) is 22.8 Å². The molecule has 3 rings (SSSR count). The molecule has 0 saturated carbocycles. The summed E-state index contributed by atoms with van der Waals surface area (Å²) in [7, 11) is 1.99. The summed E-state index contributed by atoms with van der Waals surface area (Å²) in [6, 6.07) is 5.81. The van der Waals surface area contributed by atoms with E-state index in [0.29, 0.717) is 16.5 Å². The van der Waals surface area contributed by atoms with Crippen molar-refractivity contribution in [3.63, 3.8) is 0 Å². The Bertz CT molecular complexity index is 742. The molecule has 92 valence electrons. The number of rotatable bonds is 1. The Morgan fingerprint density at radius 3 is 2.83 bits per heavy atom. The first-order chi connectivity index (χ1) is 8.61. The molecular formula is C13H12ClN3O. The highest BCUT2D eigenvalue weighted by atomic mass is 35.5. The molecule has 0 aliphatic carbocycles. The summed E-state index contributed by atoms with van der Waals surface area (Å²) in [6.45, 7) is 2.01. The van der Waals surface area contributed by atoms with E-state index in [-0.39, 0.29) is 0 Å². The van der Waals surface area contributed by atoms with Crippen molar-refractivity contribution in [3.8, 4) is 11.3 Å². The summed E-state index contributed by atoms with van der Waals surface area (Å²) in [5.41, 5.74) is 9.40. The third kappa shape index (κ3) is 1.36. The molecule has 18 heavy (non-hydrogen) atoms. The first-order valence-electron chi connectivity index (χ1n) is 5.55. The Hall–Kier alpha value is -1.94. The van der Waals surface area contributed by atoms with Crippen molar-refractivity contribution in [3.05, 3.63) is 35.1 Å². The average molecular weight is 262 g/mol. The minimum atomic E-state index is 0.519. The number of aryl methyl sites for hydroxylation is 1. The van der Waals surface area contributed by atoms with Crippen LogP contribution in [0.2, 0.25) is 5.02 Å². The quantitative estimate of drug-likeness (QED) is 0.731. The van der Waals surface area contributed by atoms with Crippen LogP contribution in [0.15, 0.2) is 28.9 Å². The molecule has 0 unspecified atom stereocenters. The van der Waals surface area contributed by atoms with Crippen LogP contribution in [0.3, 0.4) is 0 Å². The molecule has 0 aliphatic rings. The maximum Gasteiger partial charge on any atom is 0.192 e. The second kappa shape index (κ2) is 3.78. The molecule has 0 aliphatic heterocycles. The fourth-order valence-electron chi connectivity index (χ4n) is 2.28. The lowest BCUT2D eigenvalue weighted by atomic mass is 10.1. The second-order valence-corrected chi connectivity index (χ2v) is 4.67. The van der Waals surface area contributed by atoms with Gasteiger partial charge in [0, 0.05) is 18.1 Å². The molecule has 0 saturated heterocycles. The van der Waals surface area contributed by atoms with Crippen molar-refractivity contribution in [1.29, 1.82) is 0 Å². The predicted molar refractivity (Wildman–Crippen MR) is 72.6 cm³/mol. The van der Waals surface area contributed by atoms with Gasteiger partial charge < -0.3 is 14.8 Å². The number of hydrogen-bond donors (Lipinski definition) is 1. The van der Waals surface area contributed by atoms with Gasteiger partial charge in [-0.15, -0.1) is 0 Å². The van der Waals surface area contributed by atoms with Crippen LogP contribution in [0, 0.1) is 6.92 Å². The van der Waals surface area contributed by atoms with Gasteiger partial charge in [-0.3, -0.25) is 0 Å². The van der Waals surface area contributed by atoms with Gasteiger partial charge in [0.1, 0.15) is 5.69 Å². The topological polar surface area (TPSA) is 57.0 Å². The number of benzene rings is 1. The van der Waals surface area contributed by atoms with Gasteiger partial charge in [-0.05, 0) is 19.1 Å². The van der Waals surface area contributed by atoms with Crippen LogP contribution in [0.5, 0.6) is 0 Å². The molecule has 0 radical (unpaired) electrons. The number of hydrogen-bond acceptors (Lipinski definition) is 3. The van der Waals surface area contributed by atoms with Gasteiger partial charge in [0.15, 0.2) is 5.76 Å². The lowest BCUT2D eigenvalue weighted by molar-refractivity contribution is 0.432. The first-order valence-corrected chi connectivity index (χ1v) is 5.93. The number of aromatic nitrogens is 2. The van der Waals surface area contributed by atoms with Gasteiger partial charge in [0.05, 0.1) is 22.3 Å². The lowest BCUT2D eigenvalue weighted by Crippen LogP contribution is -1.91. The van der Waals surface area contributed by atoms with Gasteiger partial charge in [0.25, 0.3) is 0 Å². The van der Waals surface area contributed by atoms with Gasteiger partial charge in [-0.2, -0.15) is 0 Å². The second-order valence-electron chi connectivity index (χ2n) is 4.26. The minimum absolute atomic E-state index is 0.519. The first kappa shape index (κ1) is 11.2. The summed E-state index contributed by atoms with van der Waals surface area (Å²) in [6.07, 6.45) is 1.50. The highest BCUT2D eigenvalue weighted by Gasteiger charge is 2.20. The SMILES string of the molecule is Cc1c(-c2oncc2N)c2c(Cl)cccc2n1C. The van der Waals surface area contributed by atoms with E-state index in [2.05, 4.69) is 9.72 Å². The molecule has 3 aromatic rings. The van der Waals surface area contributed by atoms with Crippen molar-refractivity contribution >= 4 is 28.2 Å². The van der Waals surface area contributed by atoms with E-state index in [0.717, 1.165) is 22.2 Å². The molecule has 5 heteroatoms. The van der Waals surface area contributed by atoms with Crippen LogP contribution >= 0.6 is 11.6 Å². The molecule has 0 atom stereocenters. The highest BCUT2D eigenvalue weighted by molar-refractivity contribution is 6.36. The number of nitrogen functional groups attached to an aromatic ring is 1. The van der Waals surface area contributed by atoms with E-state index in [1.54, 1.807) is 0 Å². The van der Waals surface area contributed by atoms with Crippen molar-refractivity contribution in [2.24, 2.45) is 7.05 Å². The summed E-state index contributed by atoms with van der Waals surface area (Å²) >= 11 is 6.30. The lowest BCUT2D eigenvalue weighted by Gasteiger charge is -1.99. The summed E-state index contributed by atoms with van der Waals surface area (Å²) in [5, 5.41) is 5.36. The average Bonchev–Trinajstić information content (AvgIpc) is 2.86. The van der Waals surface area contributed by atoms with Crippen molar-refractivity contribution in [2.75, 3.05) is 5.73 Å². The highest BCUT2D eigenvalue weighted by Crippen LogP contribution is 2.40. The molecule has 0 fully saturated rings. The van der Waals surface area contributed by atoms with Crippen LogP contribution in [0.4, 0.5) is 5.69 Å². The molecule has 1 aromatic carbocycles. The molecular weight excluding hydrogens is 250 g/mol. The normalized spacial score (nSPS) is 11.3. The molecule has 2 heterocycles. The van der Waals surface area contributed by atoms with Crippen LogP contribution in [0.1, 0.15) is 5.69 Å². The van der Waals surface area contributed by atoms with Crippen molar-refractivity contribution in [1.82, 2.24) is 9.72 Å². The molecule has 4 nitrogen and oxygen atoms in total. The fourth-order valence-corrected chi connectivity index (χ4v) is 2.55. The molecule has 2 N–H and O–H groups in total. The van der Waals surface area contributed by atoms with Crippen LogP contribution < -0.4 is 5.73 Å².